The number of benzene rings is 1. The Labute approximate surface area is 109 Å². The van der Waals surface area contributed by atoms with Gasteiger partial charge >= 0.3 is 0 Å². The van der Waals surface area contributed by atoms with Crippen LogP contribution < -0.4 is 5.73 Å². The zero-order valence-electron chi connectivity index (χ0n) is 11.0. The molecule has 0 aromatic heterocycles. The van der Waals surface area contributed by atoms with E-state index in [1.807, 2.05) is 26.0 Å². The molecule has 0 amide bonds. The first-order valence-electron chi connectivity index (χ1n) is 6.39. The number of rotatable bonds is 5. The van der Waals surface area contributed by atoms with Crippen molar-refractivity contribution in [3.05, 3.63) is 29.8 Å². The van der Waals surface area contributed by atoms with Crippen molar-refractivity contribution < 1.29 is 8.42 Å². The predicted octanol–water partition coefficient (Wildman–Crippen LogP) is 2.29. The minimum absolute atomic E-state index is 0.0811. The number of aryl methyl sites for hydroxylation is 1. The van der Waals surface area contributed by atoms with Gasteiger partial charge < -0.3 is 5.73 Å². The van der Waals surface area contributed by atoms with Crippen LogP contribution in [0.2, 0.25) is 0 Å². The minimum Gasteiger partial charge on any atom is -0.325 e. The maximum atomic E-state index is 12.2. The highest BCUT2D eigenvalue weighted by atomic mass is 32.2. The Morgan fingerprint density at radius 1 is 1.28 bits per heavy atom. The molecule has 2 rings (SSSR count). The third-order valence-electron chi connectivity index (χ3n) is 3.53. The molecular formula is C14H21NO2S. The van der Waals surface area contributed by atoms with Gasteiger partial charge in [0.05, 0.1) is 10.6 Å². The van der Waals surface area contributed by atoms with Crippen LogP contribution in [0.25, 0.3) is 0 Å². The quantitative estimate of drug-likeness (QED) is 0.890. The third-order valence-corrected chi connectivity index (χ3v) is 5.53. The molecule has 0 radical (unpaired) electrons. The van der Waals surface area contributed by atoms with E-state index in [9.17, 15) is 8.42 Å². The molecule has 100 valence electrons. The first-order chi connectivity index (χ1) is 8.31. The Morgan fingerprint density at radius 3 is 2.33 bits per heavy atom. The summed E-state index contributed by atoms with van der Waals surface area (Å²) in [6.45, 7) is 3.92. The summed E-state index contributed by atoms with van der Waals surface area (Å²) < 4.78 is 24.4. The van der Waals surface area contributed by atoms with Gasteiger partial charge in [-0.2, -0.15) is 0 Å². The van der Waals surface area contributed by atoms with Gasteiger partial charge in [0.2, 0.25) is 0 Å². The predicted molar refractivity (Wildman–Crippen MR) is 73.2 cm³/mol. The minimum atomic E-state index is -3.18. The van der Waals surface area contributed by atoms with Gasteiger partial charge in [-0.15, -0.1) is 0 Å². The van der Waals surface area contributed by atoms with Crippen LogP contribution in [0, 0.1) is 12.8 Å². The molecule has 0 saturated heterocycles. The van der Waals surface area contributed by atoms with E-state index in [-0.39, 0.29) is 17.2 Å². The van der Waals surface area contributed by atoms with Gasteiger partial charge in [0, 0.05) is 5.54 Å². The molecule has 1 aliphatic carbocycles. The lowest BCUT2D eigenvalue weighted by atomic mass is 10.0. The molecule has 2 N–H and O–H groups in total. The summed E-state index contributed by atoms with van der Waals surface area (Å²) in [6, 6.07) is 7.05. The number of hydrogen-bond acceptors (Lipinski definition) is 3. The topological polar surface area (TPSA) is 60.2 Å². The van der Waals surface area contributed by atoms with Gasteiger partial charge in [0.15, 0.2) is 9.84 Å². The van der Waals surface area contributed by atoms with E-state index in [2.05, 4.69) is 0 Å². The molecule has 4 heteroatoms. The maximum absolute atomic E-state index is 12.2. The Hall–Kier alpha value is -0.870. The van der Waals surface area contributed by atoms with Gasteiger partial charge in [0.25, 0.3) is 0 Å². The molecule has 1 fully saturated rings. The first-order valence-corrected chi connectivity index (χ1v) is 8.04. The van der Waals surface area contributed by atoms with E-state index in [1.165, 1.54) is 0 Å². The summed E-state index contributed by atoms with van der Waals surface area (Å²) in [4.78, 5) is 0.418. The molecule has 1 aliphatic rings. The molecule has 0 heterocycles. The van der Waals surface area contributed by atoms with Crippen LogP contribution in [0.1, 0.15) is 31.7 Å². The summed E-state index contributed by atoms with van der Waals surface area (Å²) in [5.74, 6) is 0.304. The fourth-order valence-electron chi connectivity index (χ4n) is 2.33. The molecular weight excluding hydrogens is 246 g/mol. The Bertz CT molecular complexity index is 515. The van der Waals surface area contributed by atoms with Gasteiger partial charge in [-0.1, -0.05) is 24.6 Å². The first kappa shape index (κ1) is 13.6. The lowest BCUT2D eigenvalue weighted by Gasteiger charge is -2.16. The zero-order chi connectivity index (χ0) is 13.4. The van der Waals surface area contributed by atoms with E-state index in [0.29, 0.717) is 4.90 Å². The van der Waals surface area contributed by atoms with Crippen molar-refractivity contribution in [1.29, 1.82) is 0 Å². The second kappa shape index (κ2) is 4.67. The molecule has 18 heavy (non-hydrogen) atoms. The van der Waals surface area contributed by atoms with Crippen LogP contribution in [0.4, 0.5) is 0 Å². The summed E-state index contributed by atoms with van der Waals surface area (Å²) in [7, 11) is -3.18. The zero-order valence-corrected chi connectivity index (χ0v) is 11.8. The monoisotopic (exact) mass is 267 g/mol. The van der Waals surface area contributed by atoms with Crippen molar-refractivity contribution in [2.24, 2.45) is 11.7 Å². The van der Waals surface area contributed by atoms with E-state index < -0.39 is 9.84 Å². The molecule has 1 atom stereocenters. The van der Waals surface area contributed by atoms with Gasteiger partial charge in [-0.3, -0.25) is 0 Å². The highest BCUT2D eigenvalue weighted by Crippen LogP contribution is 2.38. The normalized spacial score (nSPS) is 19.5. The van der Waals surface area contributed by atoms with Crippen molar-refractivity contribution in [3.63, 3.8) is 0 Å². The fraction of sp³-hybridized carbons (Fsp3) is 0.571. The molecule has 0 bridgehead atoms. The fourth-order valence-corrected chi connectivity index (χ4v) is 3.94. The van der Waals surface area contributed by atoms with Crippen LogP contribution in [-0.4, -0.2) is 19.7 Å². The molecule has 0 aliphatic heterocycles. The second-order valence-electron chi connectivity index (χ2n) is 5.77. The largest absolute Gasteiger partial charge is 0.325 e. The Balaban J connectivity index is 2.04. The van der Waals surface area contributed by atoms with Crippen molar-refractivity contribution in [2.45, 2.75) is 43.5 Å². The summed E-state index contributed by atoms with van der Waals surface area (Å²) >= 11 is 0. The smallest absolute Gasteiger partial charge is 0.178 e. The van der Waals surface area contributed by atoms with E-state index in [1.54, 1.807) is 12.1 Å². The lowest BCUT2D eigenvalue weighted by Crippen LogP contribution is -2.27. The molecule has 0 spiro atoms. The maximum Gasteiger partial charge on any atom is 0.178 e. The highest BCUT2D eigenvalue weighted by molar-refractivity contribution is 7.91. The Kier molecular flexibility index (Phi) is 3.52. The van der Waals surface area contributed by atoms with Crippen LogP contribution in [0.15, 0.2) is 29.2 Å². The average Bonchev–Trinajstić information content (AvgIpc) is 2.95. The lowest BCUT2D eigenvalue weighted by molar-refractivity contribution is 0.479. The van der Waals surface area contributed by atoms with Crippen LogP contribution in [0.5, 0.6) is 0 Å². The van der Waals surface area contributed by atoms with Crippen molar-refractivity contribution in [1.82, 2.24) is 0 Å². The van der Waals surface area contributed by atoms with Gasteiger partial charge in [-0.25, -0.2) is 8.42 Å². The van der Waals surface area contributed by atoms with E-state index in [4.69, 9.17) is 5.73 Å². The molecule has 1 aromatic carbocycles. The number of hydrogen-bond donors (Lipinski definition) is 1. The van der Waals surface area contributed by atoms with E-state index >= 15 is 0 Å². The highest BCUT2D eigenvalue weighted by Gasteiger charge is 2.39. The van der Waals surface area contributed by atoms with Gasteiger partial charge in [-0.05, 0) is 44.2 Å². The molecule has 1 saturated carbocycles. The SMILES string of the molecule is Cc1ccc(S(=O)(=O)CC(C)CC2(N)CC2)cc1. The summed E-state index contributed by atoms with van der Waals surface area (Å²) in [5.41, 5.74) is 7.02. The molecule has 1 aromatic rings. The van der Waals surface area contributed by atoms with Crippen molar-refractivity contribution >= 4 is 9.84 Å². The second-order valence-corrected chi connectivity index (χ2v) is 7.80. The number of sulfone groups is 1. The average molecular weight is 267 g/mol. The molecule has 3 nitrogen and oxygen atoms in total. The van der Waals surface area contributed by atoms with E-state index in [0.717, 1.165) is 24.8 Å². The van der Waals surface area contributed by atoms with Gasteiger partial charge in [0.1, 0.15) is 0 Å². The van der Waals surface area contributed by atoms with Crippen molar-refractivity contribution in [3.8, 4) is 0 Å². The van der Waals surface area contributed by atoms with Crippen molar-refractivity contribution in [2.75, 3.05) is 5.75 Å². The Morgan fingerprint density at radius 2 is 1.83 bits per heavy atom. The standard InChI is InChI=1S/C14H21NO2S/c1-11-3-5-13(6-4-11)18(16,17)10-12(2)9-14(15)7-8-14/h3-6,12H,7-10,15H2,1-2H3. The summed E-state index contributed by atoms with van der Waals surface area (Å²) in [5, 5.41) is 0. The number of nitrogens with two attached hydrogens (primary N) is 1. The van der Waals surface area contributed by atoms with Crippen LogP contribution >= 0.6 is 0 Å². The third kappa shape index (κ3) is 3.33. The molecule has 1 unspecified atom stereocenters. The summed E-state index contributed by atoms with van der Waals surface area (Å²) in [6.07, 6.45) is 2.86. The van der Waals surface area contributed by atoms with Crippen LogP contribution in [-0.2, 0) is 9.84 Å². The van der Waals surface area contributed by atoms with Crippen LogP contribution in [0.3, 0.4) is 0 Å².